The minimum Gasteiger partial charge on any atom is -0.335 e. The monoisotopic (exact) mass is 335 g/mol. The van der Waals surface area contributed by atoms with Gasteiger partial charge in [-0.3, -0.25) is 0 Å². The number of para-hydroxylation sites is 1. The first-order valence-electron chi connectivity index (χ1n) is 8.22. The fourth-order valence-corrected chi connectivity index (χ4v) is 4.21. The highest BCUT2D eigenvalue weighted by Gasteiger charge is 2.54. The SMILES string of the molecule is CS(C)(=O)=Nc1ccccc1NC(=O)NC1CC12CCCCC2. The molecule has 2 fully saturated rings. The van der Waals surface area contributed by atoms with Gasteiger partial charge in [-0.25, -0.2) is 9.00 Å². The van der Waals surface area contributed by atoms with Crippen LogP contribution in [-0.4, -0.2) is 28.8 Å². The Morgan fingerprint density at radius 2 is 1.91 bits per heavy atom. The van der Waals surface area contributed by atoms with E-state index < -0.39 is 9.73 Å². The second-order valence-electron chi connectivity index (χ2n) is 7.07. The van der Waals surface area contributed by atoms with Crippen LogP contribution in [0.15, 0.2) is 28.6 Å². The third-order valence-electron chi connectivity index (χ3n) is 4.81. The van der Waals surface area contributed by atoms with Gasteiger partial charge in [0.2, 0.25) is 0 Å². The molecule has 2 amide bonds. The molecule has 1 aromatic carbocycles. The lowest BCUT2D eigenvalue weighted by Gasteiger charge is -2.22. The Labute approximate surface area is 138 Å². The van der Waals surface area contributed by atoms with Crippen molar-refractivity contribution >= 4 is 27.1 Å². The molecule has 5 nitrogen and oxygen atoms in total. The second-order valence-corrected chi connectivity index (χ2v) is 9.61. The lowest BCUT2D eigenvalue weighted by Crippen LogP contribution is -2.34. The van der Waals surface area contributed by atoms with Gasteiger partial charge in [0, 0.05) is 28.3 Å². The van der Waals surface area contributed by atoms with Crippen molar-refractivity contribution in [2.75, 3.05) is 17.8 Å². The van der Waals surface area contributed by atoms with Gasteiger partial charge < -0.3 is 10.6 Å². The van der Waals surface area contributed by atoms with Gasteiger partial charge in [-0.1, -0.05) is 31.4 Å². The lowest BCUT2D eigenvalue weighted by atomic mass is 9.86. The maximum absolute atomic E-state index is 12.3. The van der Waals surface area contributed by atoms with Crippen molar-refractivity contribution in [3.05, 3.63) is 24.3 Å². The third kappa shape index (κ3) is 4.05. The molecule has 2 aliphatic carbocycles. The average Bonchev–Trinajstić information content (AvgIpc) is 3.11. The van der Waals surface area contributed by atoms with Crippen LogP contribution in [0.25, 0.3) is 0 Å². The topological polar surface area (TPSA) is 70.6 Å². The van der Waals surface area contributed by atoms with Crippen molar-refractivity contribution in [2.45, 2.75) is 44.6 Å². The van der Waals surface area contributed by atoms with Gasteiger partial charge in [0.1, 0.15) is 0 Å². The van der Waals surface area contributed by atoms with Crippen molar-refractivity contribution in [3.63, 3.8) is 0 Å². The van der Waals surface area contributed by atoms with Crippen molar-refractivity contribution in [1.29, 1.82) is 0 Å². The molecule has 0 heterocycles. The fourth-order valence-electron chi connectivity index (χ4n) is 3.57. The molecule has 1 aromatic rings. The smallest absolute Gasteiger partial charge is 0.319 e. The Balaban J connectivity index is 1.64. The number of hydrogen-bond donors (Lipinski definition) is 2. The second kappa shape index (κ2) is 6.15. The number of nitrogens with one attached hydrogen (secondary N) is 2. The molecular formula is C17H25N3O2S. The summed E-state index contributed by atoms with van der Waals surface area (Å²) in [4.78, 5) is 12.3. The normalized spacial score (nSPS) is 22.4. The number of benzene rings is 1. The van der Waals surface area contributed by atoms with Crippen LogP contribution >= 0.6 is 0 Å². The molecule has 0 saturated heterocycles. The standard InChI is InChI=1S/C17H25N3O2S/c1-23(2,22)20-14-9-5-4-8-13(14)18-16(21)19-15-12-17(15)10-6-3-7-11-17/h4-5,8-9,15H,3,6-7,10-12H2,1-2H3,(H2,18,19,21). The largest absolute Gasteiger partial charge is 0.335 e. The summed E-state index contributed by atoms with van der Waals surface area (Å²) in [6.07, 6.45) is 10.6. The molecule has 2 N–H and O–H groups in total. The quantitative estimate of drug-likeness (QED) is 0.879. The number of hydrogen-bond acceptors (Lipinski definition) is 3. The summed E-state index contributed by atoms with van der Waals surface area (Å²) in [6, 6.07) is 7.31. The molecule has 23 heavy (non-hydrogen) atoms. The van der Waals surface area contributed by atoms with Gasteiger partial charge in [-0.2, -0.15) is 4.36 Å². The van der Waals surface area contributed by atoms with Crippen LogP contribution in [0.4, 0.5) is 16.2 Å². The van der Waals surface area contributed by atoms with E-state index >= 15 is 0 Å². The van der Waals surface area contributed by atoms with Crippen molar-refractivity contribution in [2.24, 2.45) is 9.78 Å². The Bertz CT molecular complexity index is 708. The number of rotatable bonds is 3. The number of carbonyl (C=O) groups excluding carboxylic acids is 1. The molecule has 2 aliphatic rings. The van der Waals surface area contributed by atoms with Crippen LogP contribution in [0.1, 0.15) is 38.5 Å². The number of nitrogens with zero attached hydrogens (tertiary/aromatic N) is 1. The van der Waals surface area contributed by atoms with E-state index in [0.717, 1.165) is 6.42 Å². The van der Waals surface area contributed by atoms with E-state index in [-0.39, 0.29) is 6.03 Å². The van der Waals surface area contributed by atoms with Crippen LogP contribution in [0, 0.1) is 5.41 Å². The third-order valence-corrected chi connectivity index (χ3v) is 5.45. The summed E-state index contributed by atoms with van der Waals surface area (Å²) in [7, 11) is -2.27. The van der Waals surface area contributed by atoms with Gasteiger partial charge in [0.15, 0.2) is 0 Å². The minimum absolute atomic E-state index is 0.196. The zero-order valence-corrected chi connectivity index (χ0v) is 14.6. The molecule has 126 valence electrons. The van der Waals surface area contributed by atoms with Crippen molar-refractivity contribution in [1.82, 2.24) is 5.32 Å². The maximum atomic E-state index is 12.3. The number of amides is 2. The summed E-state index contributed by atoms with van der Waals surface area (Å²) in [5, 5.41) is 5.95. The molecule has 1 spiro atoms. The fraction of sp³-hybridized carbons (Fsp3) is 0.588. The minimum atomic E-state index is -2.27. The zero-order valence-electron chi connectivity index (χ0n) is 13.8. The number of carbonyl (C=O) groups is 1. The van der Waals surface area contributed by atoms with Gasteiger partial charge in [0.05, 0.1) is 11.4 Å². The van der Waals surface area contributed by atoms with Crippen molar-refractivity contribution in [3.8, 4) is 0 Å². The van der Waals surface area contributed by atoms with Crippen LogP contribution in [0.5, 0.6) is 0 Å². The molecule has 1 atom stereocenters. The van der Waals surface area contributed by atoms with Crippen molar-refractivity contribution < 1.29 is 9.00 Å². The Kier molecular flexibility index (Phi) is 4.36. The lowest BCUT2D eigenvalue weighted by molar-refractivity contribution is 0.247. The first kappa shape index (κ1) is 16.3. The van der Waals surface area contributed by atoms with Crippen LogP contribution in [-0.2, 0) is 9.73 Å². The van der Waals surface area contributed by atoms with Gasteiger partial charge in [0.25, 0.3) is 0 Å². The van der Waals surface area contributed by atoms with Crippen LogP contribution < -0.4 is 10.6 Å². The van der Waals surface area contributed by atoms with Gasteiger partial charge in [-0.05, 0) is 36.8 Å². The number of urea groups is 1. The molecule has 0 bridgehead atoms. The van der Waals surface area contributed by atoms with E-state index in [1.54, 1.807) is 24.6 Å². The Hall–Kier alpha value is -1.56. The highest BCUT2D eigenvalue weighted by Crippen LogP contribution is 2.56. The van der Waals surface area contributed by atoms with E-state index in [2.05, 4.69) is 15.0 Å². The maximum Gasteiger partial charge on any atom is 0.319 e. The molecule has 3 rings (SSSR count). The predicted octanol–water partition coefficient (Wildman–Crippen LogP) is 3.89. The molecule has 6 heteroatoms. The molecule has 1 unspecified atom stereocenters. The Morgan fingerprint density at radius 1 is 1.22 bits per heavy atom. The highest BCUT2D eigenvalue weighted by molar-refractivity contribution is 7.92. The van der Waals surface area contributed by atoms with E-state index in [1.807, 2.05) is 12.1 Å². The molecular weight excluding hydrogens is 310 g/mol. The summed E-state index contributed by atoms with van der Waals surface area (Å²) in [6.45, 7) is 0. The zero-order chi connectivity index (χ0) is 16.5. The molecule has 0 aromatic heterocycles. The first-order valence-corrected chi connectivity index (χ1v) is 10.5. The van der Waals surface area contributed by atoms with E-state index in [1.165, 1.54) is 32.1 Å². The predicted molar refractivity (Wildman–Crippen MR) is 94.6 cm³/mol. The summed E-state index contributed by atoms with van der Waals surface area (Å²) < 4.78 is 16.1. The molecule has 2 saturated carbocycles. The first-order chi connectivity index (χ1) is 10.9. The van der Waals surface area contributed by atoms with Crippen LogP contribution in [0.3, 0.4) is 0 Å². The summed E-state index contributed by atoms with van der Waals surface area (Å²) >= 11 is 0. The molecule has 0 aliphatic heterocycles. The van der Waals surface area contributed by atoms with E-state index in [9.17, 15) is 9.00 Å². The van der Waals surface area contributed by atoms with Gasteiger partial charge >= 0.3 is 6.03 Å². The average molecular weight is 335 g/mol. The number of anilines is 1. The Morgan fingerprint density at radius 3 is 2.61 bits per heavy atom. The molecule has 0 radical (unpaired) electrons. The van der Waals surface area contributed by atoms with Crippen LogP contribution in [0.2, 0.25) is 0 Å². The van der Waals surface area contributed by atoms with E-state index in [4.69, 9.17) is 0 Å². The van der Waals surface area contributed by atoms with E-state index in [0.29, 0.717) is 22.8 Å². The van der Waals surface area contributed by atoms with Gasteiger partial charge in [-0.15, -0.1) is 0 Å². The summed E-state index contributed by atoms with van der Waals surface area (Å²) in [5.41, 5.74) is 1.52. The summed E-state index contributed by atoms with van der Waals surface area (Å²) in [5.74, 6) is 0. The highest BCUT2D eigenvalue weighted by atomic mass is 32.2.